The number of Topliss-reactive ketones (excluding diaryl/α,β-unsaturated/α-hetero) is 1. The number of ketones is 1. The number of amides is 1. The maximum Gasteiger partial charge on any atom is 0.335 e. The number of esters is 1. The Kier molecular flexibility index (Phi) is 11.5. The molecule has 284 valence electrons. The number of aromatic nitrogens is 2. The number of nitrogens with zero attached hydrogens (tertiary/aromatic N) is 2. The van der Waals surface area contributed by atoms with Crippen molar-refractivity contribution in [1.82, 2.24) is 14.5 Å². The average molecular weight is 765 g/mol. The van der Waals surface area contributed by atoms with Crippen LogP contribution in [0, 0.1) is 23.5 Å². The lowest BCUT2D eigenvalue weighted by molar-refractivity contribution is -0.148. The first kappa shape index (κ1) is 38.3. The molecule has 1 saturated heterocycles. The molecule has 2 N–H and O–H groups in total. The van der Waals surface area contributed by atoms with Crippen molar-refractivity contribution in [2.75, 3.05) is 24.5 Å². The van der Waals surface area contributed by atoms with Crippen LogP contribution in [0.15, 0.2) is 87.4 Å². The highest BCUT2D eigenvalue weighted by molar-refractivity contribution is 7.92. The maximum atomic E-state index is 15.4. The number of benzene rings is 3. The van der Waals surface area contributed by atoms with E-state index in [0.29, 0.717) is 61.7 Å². The van der Waals surface area contributed by atoms with Crippen molar-refractivity contribution in [2.45, 2.75) is 49.5 Å². The van der Waals surface area contributed by atoms with E-state index in [4.69, 9.17) is 9.47 Å². The summed E-state index contributed by atoms with van der Waals surface area (Å²) in [5.74, 6) is -4.70. The van der Waals surface area contributed by atoms with Crippen molar-refractivity contribution in [2.24, 2.45) is 18.9 Å². The van der Waals surface area contributed by atoms with Crippen LogP contribution in [-0.2, 0) is 37.8 Å². The molecule has 0 radical (unpaired) electrons. The molecule has 0 unspecified atom stereocenters. The Balaban J connectivity index is 1.18. The number of hydrogen-bond donors (Lipinski definition) is 2. The average Bonchev–Trinajstić information content (AvgIpc) is 3.97. The summed E-state index contributed by atoms with van der Waals surface area (Å²) in [4.78, 5) is 63.8. The Hall–Kier alpha value is -5.48. The summed E-state index contributed by atoms with van der Waals surface area (Å²) in [6.45, 7) is 1.03. The van der Waals surface area contributed by atoms with Crippen LogP contribution in [0.5, 0.6) is 0 Å². The second-order valence-electron chi connectivity index (χ2n) is 13.5. The summed E-state index contributed by atoms with van der Waals surface area (Å²) in [6, 6.07) is 12.3. The number of halogens is 2. The fourth-order valence-electron chi connectivity index (χ4n) is 6.04. The third-order valence-corrected chi connectivity index (χ3v) is 10.8. The summed E-state index contributed by atoms with van der Waals surface area (Å²) in [5.41, 5.74) is -1.63. The topological polar surface area (TPSA) is 172 Å². The summed E-state index contributed by atoms with van der Waals surface area (Å²) in [6.07, 6.45) is 4.82. The first-order valence-corrected chi connectivity index (χ1v) is 18.9. The normalized spacial score (nSPS) is 15.3. The van der Waals surface area contributed by atoms with E-state index in [2.05, 4.69) is 10.0 Å². The predicted octanol–water partition coefficient (Wildman–Crippen LogP) is 3.91. The van der Waals surface area contributed by atoms with Crippen molar-refractivity contribution in [3.63, 3.8) is 0 Å². The third kappa shape index (κ3) is 9.17. The molecule has 2 fully saturated rings. The summed E-state index contributed by atoms with van der Waals surface area (Å²) in [7, 11) is -2.85. The second kappa shape index (κ2) is 16.3. The van der Waals surface area contributed by atoms with E-state index in [0.717, 1.165) is 17.4 Å². The van der Waals surface area contributed by atoms with Crippen molar-refractivity contribution < 1.29 is 41.1 Å². The second-order valence-corrected chi connectivity index (χ2v) is 15.2. The third-order valence-electron chi connectivity index (χ3n) is 9.36. The largest absolute Gasteiger partial charge is 0.464 e. The maximum absolute atomic E-state index is 15.4. The number of rotatable bonds is 14. The van der Waals surface area contributed by atoms with Crippen molar-refractivity contribution in [1.29, 1.82) is 0 Å². The van der Waals surface area contributed by atoms with Crippen molar-refractivity contribution in [3.05, 3.63) is 122 Å². The van der Waals surface area contributed by atoms with Gasteiger partial charge in [-0.1, -0.05) is 24.3 Å². The van der Waals surface area contributed by atoms with Gasteiger partial charge in [0.05, 0.1) is 22.9 Å². The van der Waals surface area contributed by atoms with Crippen molar-refractivity contribution in [3.8, 4) is 5.69 Å². The fraction of sp³-hybridized carbons (Fsp3) is 0.342. The van der Waals surface area contributed by atoms with Gasteiger partial charge in [-0.3, -0.25) is 19.1 Å². The number of sulfonamides is 1. The number of carbonyl (C=O) groups is 3. The van der Waals surface area contributed by atoms with Gasteiger partial charge < -0.3 is 19.4 Å². The Bertz CT molecular complexity index is 2260. The van der Waals surface area contributed by atoms with Crippen LogP contribution in [0.2, 0.25) is 0 Å². The van der Waals surface area contributed by atoms with Crippen LogP contribution < -0.4 is 21.3 Å². The molecule has 4 aromatic rings. The van der Waals surface area contributed by atoms with Crippen LogP contribution >= 0.6 is 0 Å². The Morgan fingerprint density at radius 3 is 2.19 bits per heavy atom. The molecule has 1 aromatic heterocycles. The predicted molar refractivity (Wildman–Crippen MR) is 192 cm³/mol. The van der Waals surface area contributed by atoms with Gasteiger partial charge in [0.1, 0.15) is 23.2 Å². The fourth-order valence-corrected chi connectivity index (χ4v) is 7.08. The first-order valence-electron chi connectivity index (χ1n) is 17.4. The molecule has 54 heavy (non-hydrogen) atoms. The van der Waals surface area contributed by atoms with E-state index < -0.39 is 62.1 Å². The van der Waals surface area contributed by atoms with E-state index in [9.17, 15) is 32.4 Å². The highest BCUT2D eigenvalue weighted by atomic mass is 32.2. The zero-order chi connectivity index (χ0) is 38.6. The molecule has 2 heterocycles. The van der Waals surface area contributed by atoms with Gasteiger partial charge in [-0.15, -0.1) is 0 Å². The minimum absolute atomic E-state index is 0.0177. The minimum atomic E-state index is -4.34. The van der Waals surface area contributed by atoms with E-state index in [1.165, 1.54) is 72.4 Å². The molecule has 0 bridgehead atoms. The van der Waals surface area contributed by atoms with E-state index in [1.807, 2.05) is 0 Å². The van der Waals surface area contributed by atoms with Crippen LogP contribution in [0.25, 0.3) is 5.69 Å². The van der Waals surface area contributed by atoms with Gasteiger partial charge in [0.2, 0.25) is 0 Å². The molecule has 3 aromatic carbocycles. The zero-order valence-electron chi connectivity index (χ0n) is 29.3. The molecule has 1 saturated carbocycles. The number of aryl methyl sites for hydroxylation is 1. The highest BCUT2D eigenvalue weighted by Gasteiger charge is 2.29. The smallest absolute Gasteiger partial charge is 0.335 e. The van der Waals surface area contributed by atoms with Gasteiger partial charge in [-0.05, 0) is 79.5 Å². The van der Waals surface area contributed by atoms with E-state index in [-0.39, 0.29) is 35.3 Å². The molecule has 1 aliphatic heterocycles. The van der Waals surface area contributed by atoms with Crippen LogP contribution in [-0.4, -0.2) is 61.1 Å². The van der Waals surface area contributed by atoms with Crippen LogP contribution in [0.4, 0.5) is 14.5 Å². The molecule has 2 aliphatic rings. The van der Waals surface area contributed by atoms with Gasteiger partial charge >= 0.3 is 11.7 Å². The highest BCUT2D eigenvalue weighted by Crippen LogP contribution is 2.33. The molecule has 13 nitrogen and oxygen atoms in total. The van der Waals surface area contributed by atoms with Gasteiger partial charge in [-0.25, -0.2) is 31.4 Å². The van der Waals surface area contributed by atoms with Crippen LogP contribution in [0.1, 0.15) is 58.4 Å². The molecule has 1 amide bonds. The Labute approximate surface area is 309 Å². The molecule has 0 spiro atoms. The summed E-state index contributed by atoms with van der Waals surface area (Å²) in [5, 5.41) is 2.35. The summed E-state index contributed by atoms with van der Waals surface area (Å²) < 4.78 is 72.0. The van der Waals surface area contributed by atoms with E-state index >= 15 is 8.78 Å². The lowest BCUT2D eigenvalue weighted by atomic mass is 10.0. The number of carbonyl (C=O) groups excluding carboxylic acids is 3. The lowest BCUT2D eigenvalue weighted by Gasteiger charge is -2.24. The van der Waals surface area contributed by atoms with E-state index in [1.54, 1.807) is 0 Å². The van der Waals surface area contributed by atoms with Crippen molar-refractivity contribution >= 4 is 33.4 Å². The number of ether oxygens (including phenoxy) is 2. The Morgan fingerprint density at radius 2 is 1.56 bits per heavy atom. The number of anilines is 1. The van der Waals surface area contributed by atoms with Crippen LogP contribution in [0.3, 0.4) is 0 Å². The monoisotopic (exact) mass is 764 g/mol. The Morgan fingerprint density at radius 1 is 0.907 bits per heavy atom. The standard InChI is InChI=1S/C38H38F2N4O9S/c1-43-15-12-34(46)44(38(43)49)28-8-4-23(5-9-28)18-32(37(48)53-22-25-13-16-52-17-14-25)41-36(47)35-30(39)20-27(21-31(35)40)42-54(50,51)29-10-6-26(7-11-29)33(45)19-24-2-3-24/h4-12,15,20-21,24-25,32,42H,2-3,13-14,16-19,22H2,1H3,(H,41,47)/t32-/m0/s1. The number of hydrogen-bond acceptors (Lipinski definition) is 9. The molecule has 1 atom stereocenters. The molecular weight excluding hydrogens is 727 g/mol. The SMILES string of the molecule is Cn1ccc(=O)n(-c2ccc(C[C@H](NC(=O)c3c(F)cc(NS(=O)(=O)c4ccc(C(=O)CC5CC5)cc4)cc3F)C(=O)OCC3CCOCC3)cc2)c1=O. The number of nitrogens with one attached hydrogen (secondary N) is 2. The molecule has 1 aliphatic carbocycles. The van der Waals surface area contributed by atoms with Gasteiger partial charge in [0.15, 0.2) is 5.78 Å². The van der Waals surface area contributed by atoms with Gasteiger partial charge in [-0.2, -0.15) is 0 Å². The van der Waals surface area contributed by atoms with Gasteiger partial charge in [0.25, 0.3) is 21.5 Å². The lowest BCUT2D eigenvalue weighted by Crippen LogP contribution is -2.44. The molecule has 6 rings (SSSR count). The molecule has 16 heteroatoms. The van der Waals surface area contributed by atoms with Gasteiger partial charge in [0, 0.05) is 50.9 Å². The molecular formula is C38H38F2N4O9S. The summed E-state index contributed by atoms with van der Waals surface area (Å²) >= 11 is 0. The zero-order valence-corrected chi connectivity index (χ0v) is 30.1. The first-order chi connectivity index (χ1) is 25.8. The minimum Gasteiger partial charge on any atom is -0.464 e. The quantitative estimate of drug-likeness (QED) is 0.143.